The fourth-order valence-corrected chi connectivity index (χ4v) is 1.59. The van der Waals surface area contributed by atoms with Gasteiger partial charge in [-0.3, -0.25) is 0 Å². The Morgan fingerprint density at radius 2 is 1.67 bits per heavy atom. The number of hydrogen-bond donors (Lipinski definition) is 1. The van der Waals surface area contributed by atoms with Gasteiger partial charge in [0.2, 0.25) is 0 Å². The summed E-state index contributed by atoms with van der Waals surface area (Å²) in [6.45, 7) is 6.19. The molecule has 0 aromatic rings. The molecule has 5 heteroatoms. The number of methoxy groups -OCH3 is 1. The first-order valence-corrected chi connectivity index (χ1v) is 6.32. The predicted molar refractivity (Wildman–Crippen MR) is 64.5 cm³/mol. The van der Waals surface area contributed by atoms with Crippen molar-refractivity contribution in [1.29, 1.82) is 0 Å². The molecule has 0 aromatic heterocycles. The number of ether oxygens (including phenoxy) is 3. The molecule has 0 aliphatic heterocycles. The zero-order chi connectivity index (χ0) is 11.4. The highest BCUT2D eigenvalue weighted by atomic mass is 32.2. The van der Waals surface area contributed by atoms with E-state index >= 15 is 0 Å². The molecule has 1 unspecified atom stereocenters. The van der Waals surface area contributed by atoms with Crippen LogP contribution in [0.3, 0.4) is 0 Å². The lowest BCUT2D eigenvalue weighted by Crippen LogP contribution is -2.15. The van der Waals surface area contributed by atoms with Crippen LogP contribution in [-0.2, 0) is 14.2 Å². The molecule has 0 saturated heterocycles. The molecule has 0 heterocycles. The quantitative estimate of drug-likeness (QED) is 0.537. The van der Waals surface area contributed by atoms with E-state index in [1.165, 1.54) is 0 Å². The molecule has 0 aliphatic rings. The number of nitrogens with two attached hydrogens (primary N) is 1. The van der Waals surface area contributed by atoms with E-state index in [1.54, 1.807) is 7.11 Å². The van der Waals surface area contributed by atoms with E-state index in [-0.39, 0.29) is 0 Å². The van der Waals surface area contributed by atoms with Gasteiger partial charge in [-0.2, -0.15) is 11.8 Å². The second-order valence-electron chi connectivity index (χ2n) is 3.13. The van der Waals surface area contributed by atoms with E-state index in [0.29, 0.717) is 31.7 Å². The average Bonchev–Trinajstić information content (AvgIpc) is 2.26. The monoisotopic (exact) mass is 237 g/mol. The summed E-state index contributed by atoms with van der Waals surface area (Å²) in [4.78, 5) is 0. The largest absolute Gasteiger partial charge is 0.382 e. The molecule has 1 atom stereocenters. The molecule has 15 heavy (non-hydrogen) atoms. The van der Waals surface area contributed by atoms with Crippen molar-refractivity contribution in [3.63, 3.8) is 0 Å². The van der Waals surface area contributed by atoms with Gasteiger partial charge in [0.05, 0.1) is 33.0 Å². The smallest absolute Gasteiger partial charge is 0.0701 e. The van der Waals surface area contributed by atoms with Gasteiger partial charge in [0.25, 0.3) is 0 Å². The minimum Gasteiger partial charge on any atom is -0.382 e. The first kappa shape index (κ1) is 15.2. The van der Waals surface area contributed by atoms with Gasteiger partial charge in [-0.25, -0.2) is 0 Å². The lowest BCUT2D eigenvalue weighted by molar-refractivity contribution is 0.0286. The van der Waals surface area contributed by atoms with Gasteiger partial charge in [-0.05, 0) is 0 Å². The second-order valence-corrected chi connectivity index (χ2v) is 4.68. The summed E-state index contributed by atoms with van der Waals surface area (Å²) in [7, 11) is 1.66. The van der Waals surface area contributed by atoms with Crippen molar-refractivity contribution in [1.82, 2.24) is 0 Å². The number of hydrogen-bond acceptors (Lipinski definition) is 5. The predicted octanol–water partition coefficient (Wildman–Crippen LogP) is 0.746. The van der Waals surface area contributed by atoms with Gasteiger partial charge in [-0.15, -0.1) is 0 Å². The van der Waals surface area contributed by atoms with Crippen molar-refractivity contribution in [2.45, 2.75) is 12.2 Å². The lowest BCUT2D eigenvalue weighted by Gasteiger charge is -2.08. The normalized spacial score (nSPS) is 13.0. The van der Waals surface area contributed by atoms with E-state index in [1.807, 2.05) is 11.8 Å². The topological polar surface area (TPSA) is 53.7 Å². The summed E-state index contributed by atoms with van der Waals surface area (Å²) in [6, 6.07) is 0. The Bertz CT molecular complexity index is 127. The van der Waals surface area contributed by atoms with Crippen LogP contribution in [-0.4, -0.2) is 57.7 Å². The van der Waals surface area contributed by atoms with Crippen LogP contribution in [0.25, 0.3) is 0 Å². The molecule has 0 radical (unpaired) electrons. The van der Waals surface area contributed by atoms with Crippen LogP contribution in [0.1, 0.15) is 6.92 Å². The zero-order valence-corrected chi connectivity index (χ0v) is 10.6. The van der Waals surface area contributed by atoms with Crippen LogP contribution in [0.5, 0.6) is 0 Å². The summed E-state index contributed by atoms with van der Waals surface area (Å²) in [6.07, 6.45) is 0. The third kappa shape index (κ3) is 12.1. The van der Waals surface area contributed by atoms with Gasteiger partial charge in [0.1, 0.15) is 0 Å². The van der Waals surface area contributed by atoms with Crippen molar-refractivity contribution >= 4 is 11.8 Å². The molecule has 0 spiro atoms. The van der Waals surface area contributed by atoms with Gasteiger partial charge >= 0.3 is 0 Å². The molecule has 2 N–H and O–H groups in total. The Balaban J connectivity index is 2.92. The minimum absolute atomic E-state index is 0.520. The van der Waals surface area contributed by atoms with Gasteiger partial charge < -0.3 is 19.9 Å². The Labute approximate surface area is 96.8 Å². The summed E-state index contributed by atoms with van der Waals surface area (Å²) in [5.74, 6) is 0.996. The highest BCUT2D eigenvalue weighted by Crippen LogP contribution is 2.07. The molecule has 0 aromatic carbocycles. The molecule has 0 bridgehead atoms. The van der Waals surface area contributed by atoms with Crippen LogP contribution in [0.4, 0.5) is 0 Å². The average molecular weight is 237 g/mol. The van der Waals surface area contributed by atoms with E-state index < -0.39 is 0 Å². The third-order valence-electron chi connectivity index (χ3n) is 1.77. The fraction of sp³-hybridized carbons (Fsp3) is 1.00. The summed E-state index contributed by atoms with van der Waals surface area (Å²) < 4.78 is 15.5. The Kier molecular flexibility index (Phi) is 12.4. The van der Waals surface area contributed by atoms with Crippen LogP contribution < -0.4 is 5.73 Å². The maximum absolute atomic E-state index is 5.49. The third-order valence-corrected chi connectivity index (χ3v) is 2.93. The Hall–Kier alpha value is 0.190. The summed E-state index contributed by atoms with van der Waals surface area (Å²) >= 11 is 1.84. The Morgan fingerprint density at radius 3 is 2.27 bits per heavy atom. The lowest BCUT2D eigenvalue weighted by atomic mass is 10.5. The number of thioether (sulfide) groups is 1. The second kappa shape index (κ2) is 12.3. The maximum atomic E-state index is 5.49. The number of rotatable bonds is 11. The molecular formula is C10H23NO3S. The minimum atomic E-state index is 0.520. The summed E-state index contributed by atoms with van der Waals surface area (Å²) in [5.41, 5.74) is 5.49. The zero-order valence-electron chi connectivity index (χ0n) is 9.74. The van der Waals surface area contributed by atoms with Crippen LogP contribution in [0.2, 0.25) is 0 Å². The van der Waals surface area contributed by atoms with E-state index in [0.717, 1.165) is 18.9 Å². The van der Waals surface area contributed by atoms with Crippen LogP contribution in [0.15, 0.2) is 0 Å². The van der Waals surface area contributed by atoms with E-state index in [4.69, 9.17) is 19.9 Å². The molecular weight excluding hydrogens is 214 g/mol. The molecule has 92 valence electrons. The van der Waals surface area contributed by atoms with Crippen molar-refractivity contribution in [3.05, 3.63) is 0 Å². The summed E-state index contributed by atoms with van der Waals surface area (Å²) in [5, 5.41) is 0.520. The van der Waals surface area contributed by atoms with Crippen LogP contribution in [0, 0.1) is 0 Å². The fourth-order valence-electron chi connectivity index (χ4n) is 0.840. The van der Waals surface area contributed by atoms with Crippen molar-refractivity contribution in [3.8, 4) is 0 Å². The van der Waals surface area contributed by atoms with Crippen molar-refractivity contribution in [2.75, 3.05) is 52.4 Å². The molecule has 0 amide bonds. The SMILES string of the molecule is COCCOCCOCCSC(C)CN. The maximum Gasteiger partial charge on any atom is 0.0701 e. The van der Waals surface area contributed by atoms with Gasteiger partial charge in [0, 0.05) is 24.7 Å². The molecule has 0 saturated carbocycles. The first-order valence-electron chi connectivity index (χ1n) is 5.27. The highest BCUT2D eigenvalue weighted by Gasteiger charge is 1.98. The van der Waals surface area contributed by atoms with E-state index in [9.17, 15) is 0 Å². The molecule has 0 rings (SSSR count). The first-order chi connectivity index (χ1) is 7.31. The van der Waals surface area contributed by atoms with E-state index in [2.05, 4.69) is 6.92 Å². The molecule has 0 fully saturated rings. The molecule has 4 nitrogen and oxygen atoms in total. The van der Waals surface area contributed by atoms with Gasteiger partial charge in [0.15, 0.2) is 0 Å². The standard InChI is InChI=1S/C10H23NO3S/c1-10(9-11)15-8-7-14-6-5-13-4-3-12-2/h10H,3-9,11H2,1-2H3. The van der Waals surface area contributed by atoms with Crippen molar-refractivity contribution < 1.29 is 14.2 Å². The highest BCUT2D eigenvalue weighted by molar-refractivity contribution is 7.99. The van der Waals surface area contributed by atoms with Crippen molar-refractivity contribution in [2.24, 2.45) is 5.73 Å². The van der Waals surface area contributed by atoms with Gasteiger partial charge in [-0.1, -0.05) is 6.92 Å². The molecule has 0 aliphatic carbocycles. The van der Waals surface area contributed by atoms with Crippen LogP contribution >= 0.6 is 11.8 Å². The Morgan fingerprint density at radius 1 is 1.07 bits per heavy atom.